The van der Waals surface area contributed by atoms with E-state index in [1.807, 2.05) is 0 Å². The smallest absolute Gasteiger partial charge is 0.282 e. The van der Waals surface area contributed by atoms with Crippen molar-refractivity contribution < 1.29 is 28.1 Å². The zero-order valence-corrected chi connectivity index (χ0v) is 17.8. The molecule has 168 valence electrons. The Morgan fingerprint density at radius 1 is 1.15 bits per heavy atom. The summed E-state index contributed by atoms with van der Waals surface area (Å²) in [6, 6.07) is 8.37. The molecule has 0 bridgehead atoms. The first-order valence-electron chi connectivity index (χ1n) is 9.64. The molecular weight excluding hydrogens is 456 g/mol. The van der Waals surface area contributed by atoms with Crippen molar-refractivity contribution >= 4 is 40.4 Å². The molecule has 3 amide bonds. The molecule has 0 aliphatic carbocycles. The van der Waals surface area contributed by atoms with E-state index in [9.17, 15) is 33.3 Å². The summed E-state index contributed by atoms with van der Waals surface area (Å²) < 4.78 is 28.0. The Labute approximate surface area is 189 Å². The number of hydrogen-bond acceptors (Lipinski definition) is 6. The fraction of sp³-hybridized carbons (Fsp3) is 0.136. The normalized spacial score (nSPS) is 13.7. The molecule has 1 unspecified atom stereocenters. The van der Waals surface area contributed by atoms with E-state index in [-0.39, 0.29) is 17.8 Å². The summed E-state index contributed by atoms with van der Waals surface area (Å²) >= 11 is 1.30. The summed E-state index contributed by atoms with van der Waals surface area (Å²) in [6.07, 6.45) is 0. The van der Waals surface area contributed by atoms with Gasteiger partial charge in [0.05, 0.1) is 22.7 Å². The molecule has 1 aromatic heterocycles. The van der Waals surface area contributed by atoms with Gasteiger partial charge in [-0.2, -0.15) is 0 Å². The van der Waals surface area contributed by atoms with E-state index in [0.29, 0.717) is 15.8 Å². The number of hydrogen-bond donors (Lipinski definition) is 0. The molecule has 0 fully saturated rings. The summed E-state index contributed by atoms with van der Waals surface area (Å²) in [4.78, 5) is 52.2. The quantitative estimate of drug-likeness (QED) is 0.305. The Bertz CT molecular complexity index is 1300. The van der Waals surface area contributed by atoms with Gasteiger partial charge in [0, 0.05) is 17.0 Å². The number of halogens is 2. The second kappa shape index (κ2) is 8.51. The van der Waals surface area contributed by atoms with Gasteiger partial charge in [0.15, 0.2) is 0 Å². The Balaban J connectivity index is 1.72. The van der Waals surface area contributed by atoms with Gasteiger partial charge in [0.2, 0.25) is 5.91 Å². The lowest BCUT2D eigenvalue weighted by atomic mass is 10.1. The number of carbonyl (C=O) groups is 3. The lowest BCUT2D eigenvalue weighted by Crippen LogP contribution is -2.49. The minimum atomic E-state index is -1.42. The average Bonchev–Trinajstić information content (AvgIpc) is 3.38. The highest BCUT2D eigenvalue weighted by Crippen LogP contribution is 2.33. The van der Waals surface area contributed by atoms with Crippen LogP contribution in [0.15, 0.2) is 53.9 Å². The number of fused-ring (bicyclic) bond motifs is 1. The first kappa shape index (κ1) is 22.2. The Kier molecular flexibility index (Phi) is 5.73. The number of rotatable bonds is 6. The van der Waals surface area contributed by atoms with Crippen LogP contribution in [0.3, 0.4) is 0 Å². The van der Waals surface area contributed by atoms with Crippen molar-refractivity contribution in [1.29, 1.82) is 0 Å². The van der Waals surface area contributed by atoms with Gasteiger partial charge in [0.1, 0.15) is 23.2 Å². The third kappa shape index (κ3) is 3.87. The first-order chi connectivity index (χ1) is 15.7. The third-order valence-corrected chi connectivity index (χ3v) is 6.09. The van der Waals surface area contributed by atoms with E-state index >= 15 is 0 Å². The number of nitro groups is 1. The largest absolute Gasteiger partial charge is 0.303 e. The second-order valence-corrected chi connectivity index (χ2v) is 8.24. The highest BCUT2D eigenvalue weighted by molar-refractivity contribution is 7.09. The molecule has 0 radical (unpaired) electrons. The monoisotopic (exact) mass is 471 g/mol. The lowest BCUT2D eigenvalue weighted by Gasteiger charge is -2.29. The minimum absolute atomic E-state index is 0.0906. The van der Waals surface area contributed by atoms with Crippen LogP contribution in [0.1, 0.15) is 32.5 Å². The fourth-order valence-corrected chi connectivity index (χ4v) is 4.36. The summed E-state index contributed by atoms with van der Waals surface area (Å²) in [5.41, 5.74) is -1.37. The van der Waals surface area contributed by atoms with Crippen LogP contribution in [0.25, 0.3) is 0 Å². The highest BCUT2D eigenvalue weighted by atomic mass is 32.1. The topological polar surface area (TPSA) is 101 Å². The summed E-state index contributed by atoms with van der Waals surface area (Å²) in [6.45, 7) is 1.19. The number of anilines is 1. The molecule has 2 aromatic carbocycles. The van der Waals surface area contributed by atoms with Gasteiger partial charge in [-0.15, -0.1) is 11.3 Å². The van der Waals surface area contributed by atoms with Crippen LogP contribution in [-0.2, 0) is 11.3 Å². The third-order valence-electron chi connectivity index (χ3n) is 5.23. The van der Waals surface area contributed by atoms with Gasteiger partial charge in [0.25, 0.3) is 17.5 Å². The molecule has 8 nitrogen and oxygen atoms in total. The predicted molar refractivity (Wildman–Crippen MR) is 115 cm³/mol. The van der Waals surface area contributed by atoms with Gasteiger partial charge in [-0.05, 0) is 36.6 Å². The van der Waals surface area contributed by atoms with Crippen LogP contribution in [0.2, 0.25) is 0 Å². The second-order valence-electron chi connectivity index (χ2n) is 7.21. The molecular formula is C22H15F2N3O5S. The van der Waals surface area contributed by atoms with Crippen molar-refractivity contribution in [2.75, 3.05) is 4.90 Å². The van der Waals surface area contributed by atoms with Gasteiger partial charge in [-0.25, -0.2) is 8.78 Å². The maximum atomic E-state index is 14.6. The lowest BCUT2D eigenvalue weighted by molar-refractivity contribution is -0.385. The minimum Gasteiger partial charge on any atom is -0.303 e. The SMILES string of the molecule is CC(C(=O)N(Cc1cccs1)c1ccc(F)cc1F)N1C(=O)c2cccc([N+](=O)[O-])c2C1=O. The summed E-state index contributed by atoms with van der Waals surface area (Å²) in [5, 5.41) is 13.1. The van der Waals surface area contributed by atoms with Crippen LogP contribution >= 0.6 is 11.3 Å². The van der Waals surface area contributed by atoms with Gasteiger partial charge >= 0.3 is 0 Å². The van der Waals surface area contributed by atoms with Crippen molar-refractivity contribution in [2.45, 2.75) is 19.5 Å². The molecule has 1 atom stereocenters. The zero-order chi connectivity index (χ0) is 23.9. The Morgan fingerprint density at radius 2 is 1.91 bits per heavy atom. The Hall–Kier alpha value is -3.99. The molecule has 33 heavy (non-hydrogen) atoms. The predicted octanol–water partition coefficient (Wildman–Crippen LogP) is 4.15. The van der Waals surface area contributed by atoms with Crippen LogP contribution in [0, 0.1) is 21.7 Å². The van der Waals surface area contributed by atoms with Crippen LogP contribution in [0.5, 0.6) is 0 Å². The fourth-order valence-electron chi connectivity index (χ4n) is 3.67. The number of nitrogens with zero attached hydrogens (tertiary/aromatic N) is 3. The molecule has 1 aliphatic rings. The molecule has 0 spiro atoms. The summed E-state index contributed by atoms with van der Waals surface area (Å²) in [7, 11) is 0. The zero-order valence-electron chi connectivity index (χ0n) is 17.0. The molecule has 0 saturated heterocycles. The first-order valence-corrected chi connectivity index (χ1v) is 10.5. The molecule has 0 N–H and O–H groups in total. The van der Waals surface area contributed by atoms with E-state index in [4.69, 9.17) is 0 Å². The molecule has 11 heteroatoms. The molecule has 1 aliphatic heterocycles. The molecule has 4 rings (SSSR count). The number of amides is 3. The number of nitro benzene ring substituents is 1. The number of imide groups is 1. The average molecular weight is 471 g/mol. The van der Waals surface area contributed by atoms with Gasteiger partial charge in [-0.3, -0.25) is 29.4 Å². The molecule has 3 aromatic rings. The number of benzene rings is 2. The standard InChI is InChI=1S/C22H15F2N3O5S/c1-12(26-21(29)15-5-2-6-18(27(31)32)19(15)22(26)30)20(28)25(11-14-4-3-9-33-14)17-8-7-13(23)10-16(17)24/h2-10,12H,11H2,1H3. The number of carbonyl (C=O) groups excluding carboxylic acids is 3. The van der Waals surface area contributed by atoms with E-state index in [2.05, 4.69) is 0 Å². The van der Waals surface area contributed by atoms with E-state index in [1.54, 1.807) is 17.5 Å². The van der Waals surface area contributed by atoms with E-state index in [1.165, 1.54) is 30.4 Å². The van der Waals surface area contributed by atoms with Crippen molar-refractivity contribution in [2.24, 2.45) is 0 Å². The molecule has 2 heterocycles. The van der Waals surface area contributed by atoms with Crippen molar-refractivity contribution in [1.82, 2.24) is 4.90 Å². The highest BCUT2D eigenvalue weighted by Gasteiger charge is 2.46. The van der Waals surface area contributed by atoms with E-state index in [0.717, 1.165) is 23.1 Å². The van der Waals surface area contributed by atoms with Crippen LogP contribution < -0.4 is 4.90 Å². The maximum absolute atomic E-state index is 14.6. The Morgan fingerprint density at radius 3 is 2.55 bits per heavy atom. The molecule has 0 saturated carbocycles. The van der Waals surface area contributed by atoms with E-state index < -0.39 is 51.6 Å². The van der Waals surface area contributed by atoms with Crippen molar-refractivity contribution in [3.8, 4) is 0 Å². The summed E-state index contributed by atoms with van der Waals surface area (Å²) in [5.74, 6) is -4.49. The maximum Gasteiger partial charge on any atom is 0.282 e. The van der Waals surface area contributed by atoms with Crippen molar-refractivity contribution in [3.63, 3.8) is 0 Å². The van der Waals surface area contributed by atoms with Gasteiger partial charge in [-0.1, -0.05) is 12.1 Å². The number of thiophene rings is 1. The van der Waals surface area contributed by atoms with Crippen LogP contribution in [-0.4, -0.2) is 33.6 Å². The van der Waals surface area contributed by atoms with Crippen molar-refractivity contribution in [3.05, 3.63) is 91.7 Å². The van der Waals surface area contributed by atoms with Gasteiger partial charge < -0.3 is 4.90 Å². The van der Waals surface area contributed by atoms with Crippen LogP contribution in [0.4, 0.5) is 20.2 Å².